The van der Waals surface area contributed by atoms with Gasteiger partial charge < -0.3 is 14.2 Å². The minimum absolute atomic E-state index is 0.0165. The molecule has 2 rings (SSSR count). The molecule has 2 heterocycles. The zero-order chi connectivity index (χ0) is 16.3. The standard InChI is InChI=1S/C14H18N2O5S/c1-4-5-16-12(18)9(11(17)15-14(16)22)6-8-7-10(19-2)21-13(8)20-3/h4,6,8,10,13H,1,5,7H2,2-3H3,(H,15,17,22)/b9-6-. The summed E-state index contributed by atoms with van der Waals surface area (Å²) in [6, 6.07) is 0. The molecular weight excluding hydrogens is 308 g/mol. The van der Waals surface area contributed by atoms with E-state index in [4.69, 9.17) is 26.4 Å². The lowest BCUT2D eigenvalue weighted by atomic mass is 10.0. The average Bonchev–Trinajstić information content (AvgIpc) is 2.90. The smallest absolute Gasteiger partial charge is 0.265 e. The van der Waals surface area contributed by atoms with Gasteiger partial charge in [0.25, 0.3) is 11.8 Å². The van der Waals surface area contributed by atoms with Crippen LogP contribution in [0.3, 0.4) is 0 Å². The molecule has 8 heteroatoms. The van der Waals surface area contributed by atoms with Gasteiger partial charge in [-0.25, -0.2) is 0 Å². The van der Waals surface area contributed by atoms with Crippen LogP contribution < -0.4 is 5.32 Å². The molecule has 2 fully saturated rings. The van der Waals surface area contributed by atoms with Crippen LogP contribution in [0.15, 0.2) is 24.3 Å². The summed E-state index contributed by atoms with van der Waals surface area (Å²) in [7, 11) is 3.02. The Morgan fingerprint density at radius 2 is 2.18 bits per heavy atom. The van der Waals surface area contributed by atoms with Crippen LogP contribution in [0.2, 0.25) is 0 Å². The number of ether oxygens (including phenoxy) is 3. The van der Waals surface area contributed by atoms with Crippen molar-refractivity contribution in [1.82, 2.24) is 10.2 Å². The summed E-state index contributed by atoms with van der Waals surface area (Å²) in [5, 5.41) is 2.57. The third-order valence-electron chi connectivity index (χ3n) is 3.47. The van der Waals surface area contributed by atoms with Gasteiger partial charge in [0.1, 0.15) is 5.57 Å². The third-order valence-corrected chi connectivity index (χ3v) is 3.80. The van der Waals surface area contributed by atoms with Gasteiger partial charge in [-0.2, -0.15) is 0 Å². The van der Waals surface area contributed by atoms with E-state index in [2.05, 4.69) is 11.9 Å². The van der Waals surface area contributed by atoms with Crippen molar-refractivity contribution in [3.05, 3.63) is 24.3 Å². The predicted molar refractivity (Wildman–Crippen MR) is 81.5 cm³/mol. The first kappa shape index (κ1) is 16.8. The highest BCUT2D eigenvalue weighted by molar-refractivity contribution is 7.80. The lowest BCUT2D eigenvalue weighted by molar-refractivity contribution is -0.190. The molecule has 0 aromatic rings. The van der Waals surface area contributed by atoms with Gasteiger partial charge in [-0.1, -0.05) is 12.2 Å². The van der Waals surface area contributed by atoms with Crippen LogP contribution in [0.5, 0.6) is 0 Å². The second-order valence-electron chi connectivity index (χ2n) is 4.85. The monoisotopic (exact) mass is 326 g/mol. The Morgan fingerprint density at radius 1 is 1.45 bits per heavy atom. The normalized spacial score (nSPS) is 30.8. The molecule has 0 spiro atoms. The van der Waals surface area contributed by atoms with Crippen molar-refractivity contribution in [2.24, 2.45) is 5.92 Å². The van der Waals surface area contributed by atoms with Gasteiger partial charge in [0.2, 0.25) is 0 Å². The maximum Gasteiger partial charge on any atom is 0.265 e. The van der Waals surface area contributed by atoms with E-state index in [1.54, 1.807) is 6.08 Å². The zero-order valence-corrected chi connectivity index (χ0v) is 13.2. The Kier molecular flexibility index (Phi) is 5.41. The van der Waals surface area contributed by atoms with Gasteiger partial charge in [0, 0.05) is 33.1 Å². The Balaban J connectivity index is 2.24. The quantitative estimate of drug-likeness (QED) is 0.339. The van der Waals surface area contributed by atoms with Crippen LogP contribution in [0.4, 0.5) is 0 Å². The first-order chi connectivity index (χ1) is 10.5. The lowest BCUT2D eigenvalue weighted by Crippen LogP contribution is -2.54. The lowest BCUT2D eigenvalue weighted by Gasteiger charge is -2.28. The number of rotatable bonds is 5. The fourth-order valence-electron chi connectivity index (χ4n) is 2.39. The summed E-state index contributed by atoms with van der Waals surface area (Å²) < 4.78 is 15.8. The van der Waals surface area contributed by atoms with Gasteiger partial charge in [-0.15, -0.1) is 6.58 Å². The third kappa shape index (κ3) is 3.25. The van der Waals surface area contributed by atoms with Crippen LogP contribution in [0.1, 0.15) is 6.42 Å². The van der Waals surface area contributed by atoms with E-state index < -0.39 is 24.4 Å². The summed E-state index contributed by atoms with van der Waals surface area (Å²) in [5.74, 6) is -1.24. The van der Waals surface area contributed by atoms with E-state index in [9.17, 15) is 9.59 Å². The van der Waals surface area contributed by atoms with Crippen molar-refractivity contribution < 1.29 is 23.8 Å². The maximum atomic E-state index is 12.4. The summed E-state index contributed by atoms with van der Waals surface area (Å²) >= 11 is 4.99. The number of carbonyl (C=O) groups excluding carboxylic acids is 2. The molecule has 0 aromatic heterocycles. The fraction of sp³-hybridized carbons (Fsp3) is 0.500. The SMILES string of the molecule is C=CCN1C(=O)/C(=C\C2CC(OC)OC2OC)C(=O)NC1=S. The van der Waals surface area contributed by atoms with Crippen molar-refractivity contribution in [1.29, 1.82) is 0 Å². The van der Waals surface area contributed by atoms with Crippen molar-refractivity contribution >= 4 is 29.1 Å². The molecule has 0 bridgehead atoms. The first-order valence-corrected chi connectivity index (χ1v) is 7.13. The molecule has 0 saturated carbocycles. The molecule has 3 unspecified atom stereocenters. The van der Waals surface area contributed by atoms with Crippen molar-refractivity contribution in [3.8, 4) is 0 Å². The van der Waals surface area contributed by atoms with Gasteiger partial charge in [0.15, 0.2) is 17.7 Å². The highest BCUT2D eigenvalue weighted by Gasteiger charge is 2.38. The summed E-state index contributed by atoms with van der Waals surface area (Å²) in [5.41, 5.74) is 0.0165. The van der Waals surface area contributed by atoms with Crippen molar-refractivity contribution in [3.63, 3.8) is 0 Å². The zero-order valence-electron chi connectivity index (χ0n) is 12.4. The van der Waals surface area contributed by atoms with Crippen LogP contribution in [-0.4, -0.2) is 55.2 Å². The number of carbonyl (C=O) groups is 2. The summed E-state index contributed by atoms with van der Waals surface area (Å²) in [4.78, 5) is 25.7. The molecule has 120 valence electrons. The van der Waals surface area contributed by atoms with E-state index >= 15 is 0 Å². The minimum Gasteiger partial charge on any atom is -0.356 e. The second-order valence-corrected chi connectivity index (χ2v) is 5.24. The molecule has 2 aliphatic heterocycles. The van der Waals surface area contributed by atoms with Crippen LogP contribution in [0.25, 0.3) is 0 Å². The molecule has 22 heavy (non-hydrogen) atoms. The van der Waals surface area contributed by atoms with Crippen LogP contribution in [-0.2, 0) is 23.8 Å². The Morgan fingerprint density at radius 3 is 2.77 bits per heavy atom. The first-order valence-electron chi connectivity index (χ1n) is 6.72. The van der Waals surface area contributed by atoms with Crippen molar-refractivity contribution in [2.45, 2.75) is 19.0 Å². The van der Waals surface area contributed by atoms with Crippen molar-refractivity contribution in [2.75, 3.05) is 20.8 Å². The molecule has 2 aliphatic rings. The van der Waals surface area contributed by atoms with Gasteiger partial charge in [-0.05, 0) is 12.2 Å². The summed E-state index contributed by atoms with van der Waals surface area (Å²) in [6.45, 7) is 3.80. The molecule has 3 atom stereocenters. The van der Waals surface area contributed by atoms with Gasteiger partial charge >= 0.3 is 0 Å². The highest BCUT2D eigenvalue weighted by atomic mass is 32.1. The van der Waals surface area contributed by atoms with E-state index in [0.29, 0.717) is 6.42 Å². The number of hydrogen-bond donors (Lipinski definition) is 1. The second kappa shape index (κ2) is 7.10. The summed E-state index contributed by atoms with van der Waals surface area (Å²) in [6.07, 6.45) is 2.59. The number of nitrogens with zero attached hydrogens (tertiary/aromatic N) is 1. The fourth-order valence-corrected chi connectivity index (χ4v) is 2.64. The van der Waals surface area contributed by atoms with E-state index in [1.165, 1.54) is 25.2 Å². The molecule has 2 saturated heterocycles. The van der Waals surface area contributed by atoms with Crippen LogP contribution >= 0.6 is 12.2 Å². The van der Waals surface area contributed by atoms with E-state index in [0.717, 1.165) is 0 Å². The molecular formula is C14H18N2O5S. The highest BCUT2D eigenvalue weighted by Crippen LogP contribution is 2.30. The largest absolute Gasteiger partial charge is 0.356 e. The average molecular weight is 326 g/mol. The molecule has 7 nitrogen and oxygen atoms in total. The molecule has 0 aromatic carbocycles. The molecule has 2 amide bonds. The van der Waals surface area contributed by atoms with Gasteiger partial charge in [-0.3, -0.25) is 19.8 Å². The molecule has 1 N–H and O–H groups in total. The number of nitrogens with one attached hydrogen (secondary N) is 1. The Hall–Kier alpha value is -1.61. The van der Waals surface area contributed by atoms with E-state index in [-0.39, 0.29) is 23.1 Å². The number of thiocarbonyl (C=S) groups is 1. The van der Waals surface area contributed by atoms with Crippen LogP contribution in [0, 0.1) is 5.92 Å². The Labute approximate surface area is 133 Å². The molecule has 0 radical (unpaired) electrons. The molecule has 0 aliphatic carbocycles. The van der Waals surface area contributed by atoms with E-state index in [1.807, 2.05) is 0 Å². The topological polar surface area (TPSA) is 77.1 Å². The number of methoxy groups -OCH3 is 2. The maximum absolute atomic E-state index is 12.4. The van der Waals surface area contributed by atoms with Gasteiger partial charge in [0.05, 0.1) is 0 Å². The predicted octanol–water partition coefficient (Wildman–Crippen LogP) is 0.324. The number of hydrogen-bond acceptors (Lipinski definition) is 6. The Bertz CT molecular complexity index is 533. The minimum atomic E-state index is -0.570. The number of amides is 2.